The summed E-state index contributed by atoms with van der Waals surface area (Å²) in [5, 5.41) is 0. The van der Waals surface area contributed by atoms with Crippen molar-refractivity contribution in [1.82, 2.24) is 0 Å². The van der Waals surface area contributed by atoms with Gasteiger partial charge in [-0.1, -0.05) is 37.5 Å². The van der Waals surface area contributed by atoms with Crippen LogP contribution in [0, 0.1) is 5.41 Å². The van der Waals surface area contributed by atoms with Crippen LogP contribution in [0.3, 0.4) is 0 Å². The summed E-state index contributed by atoms with van der Waals surface area (Å²) in [6.07, 6.45) is 6.05. The summed E-state index contributed by atoms with van der Waals surface area (Å²) < 4.78 is 9.97. The number of rotatable bonds is 10. The topological polar surface area (TPSA) is 52.6 Å². The third kappa shape index (κ3) is 4.58. The van der Waals surface area contributed by atoms with Crippen LogP contribution in [-0.2, 0) is 19.1 Å². The van der Waals surface area contributed by atoms with Crippen LogP contribution in [0.5, 0.6) is 0 Å². The maximum absolute atomic E-state index is 12.1. The van der Waals surface area contributed by atoms with E-state index in [0.29, 0.717) is 0 Å². The molecule has 0 unspecified atom stereocenters. The molecule has 0 aromatic carbocycles. The number of esters is 2. The van der Waals surface area contributed by atoms with E-state index in [1.807, 2.05) is 0 Å². The second-order valence-electron chi connectivity index (χ2n) is 3.84. The van der Waals surface area contributed by atoms with Crippen LogP contribution < -0.4 is 0 Å². The van der Waals surface area contributed by atoms with Gasteiger partial charge >= 0.3 is 11.9 Å². The molecule has 0 heterocycles. The smallest absolute Gasteiger partial charge is 0.324 e. The molecular formula is C15H20O4. The first-order valence-corrected chi connectivity index (χ1v) is 5.87. The number of carbonyl (C=O) groups excluding carboxylic acids is 2. The lowest BCUT2D eigenvalue weighted by Gasteiger charge is -2.26. The number of ether oxygens (including phenoxy) is 2. The third-order valence-electron chi connectivity index (χ3n) is 2.43. The van der Waals surface area contributed by atoms with Crippen molar-refractivity contribution in [3.63, 3.8) is 0 Å². The van der Waals surface area contributed by atoms with E-state index < -0.39 is 17.4 Å². The highest BCUT2D eigenvalue weighted by Gasteiger charge is 2.46. The van der Waals surface area contributed by atoms with Crippen LogP contribution in [0.15, 0.2) is 50.6 Å². The van der Waals surface area contributed by atoms with Gasteiger partial charge in [-0.3, -0.25) is 9.59 Å². The molecule has 0 atom stereocenters. The standard InChI is InChI=1S/C15H20O4/c1-5-9-15(10-6-2,13(16)18-11-7-3)14(17)19-12-8-4/h5-8H,1-4,9-12H2. The Kier molecular flexibility index (Phi) is 7.93. The highest BCUT2D eigenvalue weighted by Crippen LogP contribution is 2.31. The van der Waals surface area contributed by atoms with Crippen LogP contribution in [0.2, 0.25) is 0 Å². The number of hydrogen-bond acceptors (Lipinski definition) is 4. The fraction of sp³-hybridized carbons (Fsp3) is 0.333. The van der Waals surface area contributed by atoms with Crippen molar-refractivity contribution >= 4 is 11.9 Å². The van der Waals surface area contributed by atoms with E-state index in [2.05, 4.69) is 26.3 Å². The first-order chi connectivity index (χ1) is 9.08. The van der Waals surface area contributed by atoms with Gasteiger partial charge in [0, 0.05) is 0 Å². The Morgan fingerprint density at radius 3 is 1.42 bits per heavy atom. The monoisotopic (exact) mass is 264 g/mol. The lowest BCUT2D eigenvalue weighted by atomic mass is 9.81. The van der Waals surface area contributed by atoms with E-state index in [1.165, 1.54) is 24.3 Å². The van der Waals surface area contributed by atoms with Crippen molar-refractivity contribution in [3.8, 4) is 0 Å². The van der Waals surface area contributed by atoms with Crippen molar-refractivity contribution in [2.45, 2.75) is 12.8 Å². The number of allylic oxidation sites excluding steroid dienone is 2. The molecule has 0 fully saturated rings. The predicted molar refractivity (Wildman–Crippen MR) is 74.4 cm³/mol. The van der Waals surface area contributed by atoms with Crippen molar-refractivity contribution in [1.29, 1.82) is 0 Å². The zero-order valence-corrected chi connectivity index (χ0v) is 11.1. The minimum absolute atomic E-state index is 0.0314. The predicted octanol–water partition coefficient (Wildman–Crippen LogP) is 2.58. The van der Waals surface area contributed by atoms with Gasteiger partial charge in [0.05, 0.1) is 0 Å². The SMILES string of the molecule is C=CCOC(=O)C(CC=C)(CC=C)C(=O)OCC=C. The minimum Gasteiger partial charge on any atom is -0.461 e. The molecular weight excluding hydrogens is 244 g/mol. The van der Waals surface area contributed by atoms with Crippen LogP contribution in [0.25, 0.3) is 0 Å². The molecule has 0 aromatic heterocycles. The van der Waals surface area contributed by atoms with Gasteiger partial charge in [0.25, 0.3) is 0 Å². The highest BCUT2D eigenvalue weighted by molar-refractivity contribution is 6.00. The number of hydrogen-bond donors (Lipinski definition) is 0. The Hall–Kier alpha value is -2.10. The Morgan fingerprint density at radius 1 is 0.789 bits per heavy atom. The van der Waals surface area contributed by atoms with Gasteiger partial charge in [-0.05, 0) is 12.8 Å². The fourth-order valence-corrected chi connectivity index (χ4v) is 1.54. The summed E-state index contributed by atoms with van der Waals surface area (Å²) in [6.45, 7) is 14.1. The molecule has 0 saturated heterocycles. The second kappa shape index (κ2) is 8.91. The van der Waals surface area contributed by atoms with Crippen molar-refractivity contribution < 1.29 is 19.1 Å². The number of carbonyl (C=O) groups is 2. The highest BCUT2D eigenvalue weighted by atomic mass is 16.6. The molecule has 0 aliphatic heterocycles. The normalized spacial score (nSPS) is 10.1. The molecule has 104 valence electrons. The molecule has 0 N–H and O–H groups in total. The van der Waals surface area contributed by atoms with Gasteiger partial charge in [0.1, 0.15) is 13.2 Å². The zero-order valence-electron chi connectivity index (χ0n) is 11.1. The largest absolute Gasteiger partial charge is 0.461 e. The molecule has 0 bridgehead atoms. The molecule has 0 aliphatic carbocycles. The third-order valence-corrected chi connectivity index (χ3v) is 2.43. The second-order valence-corrected chi connectivity index (χ2v) is 3.84. The minimum atomic E-state index is -1.43. The van der Waals surface area contributed by atoms with E-state index in [9.17, 15) is 9.59 Å². The molecule has 0 aliphatic rings. The van der Waals surface area contributed by atoms with Crippen molar-refractivity contribution in [3.05, 3.63) is 50.6 Å². The van der Waals surface area contributed by atoms with Crippen LogP contribution in [0.4, 0.5) is 0 Å². The van der Waals surface area contributed by atoms with Crippen LogP contribution in [0.1, 0.15) is 12.8 Å². The van der Waals surface area contributed by atoms with Crippen molar-refractivity contribution in [2.24, 2.45) is 5.41 Å². The summed E-state index contributed by atoms with van der Waals surface area (Å²) in [7, 11) is 0. The van der Waals surface area contributed by atoms with E-state index >= 15 is 0 Å². The maximum atomic E-state index is 12.1. The van der Waals surface area contributed by atoms with Gasteiger partial charge in [-0.25, -0.2) is 0 Å². The van der Waals surface area contributed by atoms with Gasteiger partial charge in [-0.15, -0.1) is 13.2 Å². The Labute approximate surface area is 114 Å². The molecule has 19 heavy (non-hydrogen) atoms. The summed E-state index contributed by atoms with van der Waals surface area (Å²) in [4.78, 5) is 24.2. The zero-order chi connectivity index (χ0) is 14.7. The van der Waals surface area contributed by atoms with E-state index in [0.717, 1.165) is 0 Å². The molecule has 0 spiro atoms. The quantitative estimate of drug-likeness (QED) is 0.346. The Balaban J connectivity index is 5.24. The average molecular weight is 264 g/mol. The fourth-order valence-electron chi connectivity index (χ4n) is 1.54. The van der Waals surface area contributed by atoms with Gasteiger partial charge in [0.15, 0.2) is 5.41 Å². The van der Waals surface area contributed by atoms with E-state index in [4.69, 9.17) is 9.47 Å². The Bertz CT molecular complexity index is 332. The lowest BCUT2D eigenvalue weighted by Crippen LogP contribution is -2.41. The van der Waals surface area contributed by atoms with E-state index in [1.54, 1.807) is 0 Å². The average Bonchev–Trinajstić information content (AvgIpc) is 2.41. The van der Waals surface area contributed by atoms with E-state index in [-0.39, 0.29) is 26.1 Å². The molecule has 0 amide bonds. The lowest BCUT2D eigenvalue weighted by molar-refractivity contribution is -0.170. The summed E-state index contributed by atoms with van der Waals surface area (Å²) >= 11 is 0. The molecule has 0 rings (SSSR count). The Morgan fingerprint density at radius 2 is 1.16 bits per heavy atom. The van der Waals surface area contributed by atoms with Crippen LogP contribution >= 0.6 is 0 Å². The van der Waals surface area contributed by atoms with Crippen molar-refractivity contribution in [2.75, 3.05) is 13.2 Å². The summed E-state index contributed by atoms with van der Waals surface area (Å²) in [5.74, 6) is -1.33. The first-order valence-electron chi connectivity index (χ1n) is 5.87. The van der Waals surface area contributed by atoms with Gasteiger partial charge in [0.2, 0.25) is 0 Å². The van der Waals surface area contributed by atoms with Gasteiger partial charge < -0.3 is 9.47 Å². The molecule has 0 saturated carbocycles. The molecule has 0 radical (unpaired) electrons. The van der Waals surface area contributed by atoms with Crippen LogP contribution in [-0.4, -0.2) is 25.2 Å². The molecule has 4 heteroatoms. The molecule has 0 aromatic rings. The van der Waals surface area contributed by atoms with Gasteiger partial charge in [-0.2, -0.15) is 0 Å². The first kappa shape index (κ1) is 16.9. The maximum Gasteiger partial charge on any atom is 0.324 e. The molecule has 4 nitrogen and oxygen atoms in total. The summed E-state index contributed by atoms with van der Waals surface area (Å²) in [5.41, 5.74) is -1.43. The summed E-state index contributed by atoms with van der Waals surface area (Å²) in [6, 6.07) is 0.